The molecule has 2 atom stereocenters. The van der Waals surface area contributed by atoms with Crippen molar-refractivity contribution in [3.63, 3.8) is 0 Å². The molecule has 1 aromatic rings. The number of nitrogens with zero attached hydrogens (tertiary/aromatic N) is 1. The lowest BCUT2D eigenvalue weighted by atomic mass is 9.88. The third-order valence-electron chi connectivity index (χ3n) is 3.96. The monoisotopic (exact) mass is 299 g/mol. The Morgan fingerprint density at radius 2 is 2.05 bits per heavy atom. The van der Waals surface area contributed by atoms with Crippen molar-refractivity contribution in [1.82, 2.24) is 4.90 Å². The molecular formula is C15H19ClFNO2. The van der Waals surface area contributed by atoms with E-state index in [4.69, 9.17) is 11.6 Å². The number of hydrogen-bond donors (Lipinski definition) is 1. The predicted molar refractivity (Wildman–Crippen MR) is 76.6 cm³/mol. The minimum Gasteiger partial charge on any atom is -0.481 e. The molecule has 0 bridgehead atoms. The number of hydrogen-bond acceptors (Lipinski definition) is 2. The summed E-state index contributed by atoms with van der Waals surface area (Å²) < 4.78 is 14.1. The minimum atomic E-state index is -0.902. The van der Waals surface area contributed by atoms with Gasteiger partial charge in [-0.05, 0) is 32.9 Å². The topological polar surface area (TPSA) is 40.5 Å². The van der Waals surface area contributed by atoms with Crippen LogP contribution in [0.4, 0.5) is 4.39 Å². The van der Waals surface area contributed by atoms with Crippen LogP contribution in [0, 0.1) is 11.7 Å². The summed E-state index contributed by atoms with van der Waals surface area (Å²) in [5.74, 6) is -2.38. The zero-order valence-electron chi connectivity index (χ0n) is 11.9. The lowest BCUT2D eigenvalue weighted by molar-refractivity contribution is -0.141. The van der Waals surface area contributed by atoms with Gasteiger partial charge in [-0.1, -0.05) is 17.7 Å². The summed E-state index contributed by atoms with van der Waals surface area (Å²) in [5.41, 5.74) is 0.175. The molecule has 0 aromatic heterocycles. The number of rotatable bonds is 2. The maximum atomic E-state index is 14.1. The van der Waals surface area contributed by atoms with Gasteiger partial charge >= 0.3 is 5.97 Å². The lowest BCUT2D eigenvalue weighted by Gasteiger charge is -2.31. The summed E-state index contributed by atoms with van der Waals surface area (Å²) in [6, 6.07) is 4.48. The Morgan fingerprint density at radius 1 is 1.40 bits per heavy atom. The van der Waals surface area contributed by atoms with Gasteiger partial charge in [-0.15, -0.1) is 0 Å². The number of likely N-dealkylation sites (tertiary alicyclic amines) is 1. The molecule has 1 aromatic carbocycles. The van der Waals surface area contributed by atoms with Crippen LogP contribution in [0.5, 0.6) is 0 Å². The van der Waals surface area contributed by atoms with Gasteiger partial charge in [0.2, 0.25) is 0 Å². The van der Waals surface area contributed by atoms with E-state index < -0.39 is 23.6 Å². The molecule has 1 saturated heterocycles. The van der Waals surface area contributed by atoms with Crippen LogP contribution in [0.1, 0.15) is 32.3 Å². The van der Waals surface area contributed by atoms with E-state index in [0.717, 1.165) is 0 Å². The molecule has 0 amide bonds. The van der Waals surface area contributed by atoms with E-state index in [1.807, 2.05) is 20.8 Å². The van der Waals surface area contributed by atoms with Crippen molar-refractivity contribution in [3.8, 4) is 0 Å². The maximum Gasteiger partial charge on any atom is 0.308 e. The molecule has 1 heterocycles. The highest BCUT2D eigenvalue weighted by Crippen LogP contribution is 2.40. The molecule has 1 aliphatic rings. The van der Waals surface area contributed by atoms with Crippen molar-refractivity contribution in [3.05, 3.63) is 34.6 Å². The molecule has 0 aliphatic carbocycles. The third kappa shape index (κ3) is 2.81. The molecule has 110 valence electrons. The number of halogens is 2. The molecular weight excluding hydrogens is 281 g/mol. The standard InChI is InChI=1S/C15H19ClFNO2/c1-15(2,3)18-7-9(10(8-18)14(19)20)13-11(16)5-4-6-12(13)17/h4-6,9-10H,7-8H2,1-3H3,(H,19,20)/t9-,10-/m1/s1. The molecule has 0 saturated carbocycles. The lowest BCUT2D eigenvalue weighted by Crippen LogP contribution is -2.40. The molecule has 1 aliphatic heterocycles. The molecule has 3 nitrogen and oxygen atoms in total. The highest BCUT2D eigenvalue weighted by atomic mass is 35.5. The van der Waals surface area contributed by atoms with E-state index in [0.29, 0.717) is 23.7 Å². The molecule has 5 heteroatoms. The van der Waals surface area contributed by atoms with E-state index in [-0.39, 0.29) is 5.54 Å². The second kappa shape index (κ2) is 5.34. The highest BCUT2D eigenvalue weighted by molar-refractivity contribution is 6.31. The van der Waals surface area contributed by atoms with E-state index in [2.05, 4.69) is 4.90 Å². The van der Waals surface area contributed by atoms with Crippen LogP contribution in [0.2, 0.25) is 5.02 Å². The average Bonchev–Trinajstić information content (AvgIpc) is 2.73. The molecule has 0 spiro atoms. The Balaban J connectivity index is 2.41. The van der Waals surface area contributed by atoms with E-state index in [9.17, 15) is 14.3 Å². The fraction of sp³-hybridized carbons (Fsp3) is 0.533. The Hall–Kier alpha value is -1.13. The zero-order chi connectivity index (χ0) is 15.1. The number of benzene rings is 1. The number of carbonyl (C=O) groups is 1. The molecule has 0 unspecified atom stereocenters. The van der Waals surface area contributed by atoms with E-state index in [1.165, 1.54) is 12.1 Å². The smallest absolute Gasteiger partial charge is 0.308 e. The first kappa shape index (κ1) is 15.3. The normalized spacial score (nSPS) is 24.1. The van der Waals surface area contributed by atoms with Crippen LogP contribution in [0.3, 0.4) is 0 Å². The quantitative estimate of drug-likeness (QED) is 0.910. The fourth-order valence-electron chi connectivity index (χ4n) is 2.76. The second-order valence-corrected chi connectivity index (χ2v) is 6.67. The van der Waals surface area contributed by atoms with E-state index >= 15 is 0 Å². The summed E-state index contributed by atoms with van der Waals surface area (Å²) in [6.45, 7) is 6.99. The van der Waals surface area contributed by atoms with Crippen LogP contribution >= 0.6 is 11.6 Å². The number of carboxylic acids is 1. The largest absolute Gasteiger partial charge is 0.481 e. The summed E-state index contributed by atoms with van der Waals surface area (Å²) in [4.78, 5) is 13.6. The van der Waals surface area contributed by atoms with Gasteiger partial charge in [-0.2, -0.15) is 0 Å². The molecule has 2 rings (SSSR count). The summed E-state index contributed by atoms with van der Waals surface area (Å²) in [7, 11) is 0. The highest BCUT2D eigenvalue weighted by Gasteiger charge is 2.43. The SMILES string of the molecule is CC(C)(C)N1C[C@@H](C(=O)O)[C@H](c2c(F)cccc2Cl)C1. The van der Waals surface area contributed by atoms with Crippen molar-refractivity contribution < 1.29 is 14.3 Å². The van der Waals surface area contributed by atoms with Crippen molar-refractivity contribution in [2.75, 3.05) is 13.1 Å². The average molecular weight is 300 g/mol. The second-order valence-electron chi connectivity index (χ2n) is 6.26. The summed E-state index contributed by atoms with van der Waals surface area (Å²) >= 11 is 6.09. The van der Waals surface area contributed by atoms with Gasteiger partial charge in [0, 0.05) is 35.1 Å². The van der Waals surface area contributed by atoms with Crippen LogP contribution in [-0.4, -0.2) is 34.6 Å². The molecule has 0 radical (unpaired) electrons. The Labute approximate surface area is 123 Å². The zero-order valence-corrected chi connectivity index (χ0v) is 12.6. The Morgan fingerprint density at radius 3 is 2.55 bits per heavy atom. The molecule has 20 heavy (non-hydrogen) atoms. The summed E-state index contributed by atoms with van der Waals surface area (Å²) in [6.07, 6.45) is 0. The van der Waals surface area contributed by atoms with Gasteiger partial charge in [-0.25, -0.2) is 4.39 Å². The number of aliphatic carboxylic acids is 1. The van der Waals surface area contributed by atoms with Gasteiger partial charge in [-0.3, -0.25) is 9.69 Å². The van der Waals surface area contributed by atoms with Crippen molar-refractivity contribution in [1.29, 1.82) is 0 Å². The third-order valence-corrected chi connectivity index (χ3v) is 4.29. The Bertz CT molecular complexity index is 507. The molecule has 1 fully saturated rings. The van der Waals surface area contributed by atoms with Crippen molar-refractivity contribution in [2.45, 2.75) is 32.2 Å². The van der Waals surface area contributed by atoms with Gasteiger partial charge in [0.25, 0.3) is 0 Å². The van der Waals surface area contributed by atoms with Crippen LogP contribution in [0.15, 0.2) is 18.2 Å². The van der Waals surface area contributed by atoms with Gasteiger partial charge in [0.1, 0.15) is 5.82 Å². The first-order chi connectivity index (χ1) is 9.21. The first-order valence-electron chi connectivity index (χ1n) is 6.63. The summed E-state index contributed by atoms with van der Waals surface area (Å²) in [5, 5.41) is 9.72. The van der Waals surface area contributed by atoms with Gasteiger partial charge < -0.3 is 5.11 Å². The van der Waals surface area contributed by atoms with Crippen LogP contribution < -0.4 is 0 Å². The minimum absolute atomic E-state index is 0.153. The predicted octanol–water partition coefficient (Wildman–Crippen LogP) is 3.38. The fourth-order valence-corrected chi connectivity index (χ4v) is 3.06. The number of carboxylic acid groups (broad SMARTS) is 1. The Kier molecular flexibility index (Phi) is 4.07. The first-order valence-corrected chi connectivity index (χ1v) is 7.01. The van der Waals surface area contributed by atoms with Crippen LogP contribution in [0.25, 0.3) is 0 Å². The van der Waals surface area contributed by atoms with Crippen molar-refractivity contribution >= 4 is 17.6 Å². The van der Waals surface area contributed by atoms with E-state index in [1.54, 1.807) is 6.07 Å². The molecule has 1 N–H and O–H groups in total. The van der Waals surface area contributed by atoms with Gasteiger partial charge in [0.05, 0.1) is 5.92 Å². The van der Waals surface area contributed by atoms with Crippen molar-refractivity contribution in [2.24, 2.45) is 5.92 Å². The van der Waals surface area contributed by atoms with Crippen LogP contribution in [-0.2, 0) is 4.79 Å². The van der Waals surface area contributed by atoms with Gasteiger partial charge in [0.15, 0.2) is 0 Å². The maximum absolute atomic E-state index is 14.1.